The molecule has 118 valence electrons. The van der Waals surface area contributed by atoms with E-state index in [4.69, 9.17) is 4.74 Å². The van der Waals surface area contributed by atoms with Crippen LogP contribution < -0.4 is 5.32 Å². The van der Waals surface area contributed by atoms with Crippen LogP contribution in [0, 0.1) is 0 Å². The topological polar surface area (TPSA) is 94.8 Å². The summed E-state index contributed by atoms with van der Waals surface area (Å²) in [5.74, 6) is -0.389. The number of rotatable bonds is 5. The van der Waals surface area contributed by atoms with Crippen LogP contribution in [-0.4, -0.2) is 38.2 Å². The summed E-state index contributed by atoms with van der Waals surface area (Å²) in [6.45, 7) is 1.86. The van der Waals surface area contributed by atoms with Crippen LogP contribution in [0.4, 0.5) is 5.13 Å². The molecule has 1 unspecified atom stereocenters. The standard InChI is InChI=1S/C14H14N6O2S/c1-9(22-2)13-17-18-14(23-13)15-12(21)11-8-20(19-16-11)10-6-4-3-5-7-10/h3-9H,1-2H3,(H,15,18,21). The summed E-state index contributed by atoms with van der Waals surface area (Å²) < 4.78 is 6.70. The molecular formula is C14H14N6O2S. The second-order valence-electron chi connectivity index (χ2n) is 4.66. The average molecular weight is 330 g/mol. The predicted octanol–water partition coefficient (Wildman–Crippen LogP) is 2.08. The van der Waals surface area contributed by atoms with Crippen molar-refractivity contribution in [2.75, 3.05) is 12.4 Å². The zero-order valence-corrected chi connectivity index (χ0v) is 13.3. The lowest BCUT2D eigenvalue weighted by atomic mass is 10.3. The number of nitrogens with zero attached hydrogens (tertiary/aromatic N) is 5. The van der Waals surface area contributed by atoms with E-state index in [9.17, 15) is 4.79 Å². The first-order valence-corrected chi connectivity index (χ1v) is 7.64. The fourth-order valence-electron chi connectivity index (χ4n) is 1.79. The number of carbonyl (C=O) groups excluding carboxylic acids is 1. The van der Waals surface area contributed by atoms with Gasteiger partial charge in [-0.3, -0.25) is 10.1 Å². The molecule has 8 nitrogen and oxygen atoms in total. The van der Waals surface area contributed by atoms with Crippen molar-refractivity contribution in [3.8, 4) is 5.69 Å². The van der Waals surface area contributed by atoms with Gasteiger partial charge in [0.25, 0.3) is 5.91 Å². The Morgan fingerprint density at radius 2 is 2.04 bits per heavy atom. The van der Waals surface area contributed by atoms with Crippen LogP contribution >= 0.6 is 11.3 Å². The fraction of sp³-hybridized carbons (Fsp3) is 0.214. The number of hydrogen-bond donors (Lipinski definition) is 1. The Labute approximate surface area is 136 Å². The number of methoxy groups -OCH3 is 1. The number of amides is 1. The van der Waals surface area contributed by atoms with Gasteiger partial charge >= 0.3 is 0 Å². The van der Waals surface area contributed by atoms with E-state index in [1.165, 1.54) is 16.0 Å². The summed E-state index contributed by atoms with van der Waals surface area (Å²) in [7, 11) is 1.59. The second kappa shape index (κ2) is 6.63. The zero-order chi connectivity index (χ0) is 16.2. The van der Waals surface area contributed by atoms with Gasteiger partial charge in [0.05, 0.1) is 11.9 Å². The Balaban J connectivity index is 1.72. The first-order chi connectivity index (χ1) is 11.2. The van der Waals surface area contributed by atoms with Gasteiger partial charge in [-0.05, 0) is 19.1 Å². The van der Waals surface area contributed by atoms with E-state index in [1.54, 1.807) is 13.3 Å². The molecule has 23 heavy (non-hydrogen) atoms. The molecule has 0 saturated heterocycles. The molecule has 0 aliphatic carbocycles. The van der Waals surface area contributed by atoms with Crippen LogP contribution in [0.15, 0.2) is 36.5 Å². The lowest BCUT2D eigenvalue weighted by Gasteiger charge is -2.02. The first kappa shape index (κ1) is 15.3. The summed E-state index contributed by atoms with van der Waals surface area (Å²) in [4.78, 5) is 12.2. The number of benzene rings is 1. The molecule has 0 radical (unpaired) electrons. The monoisotopic (exact) mass is 330 g/mol. The molecule has 1 atom stereocenters. The first-order valence-electron chi connectivity index (χ1n) is 6.82. The lowest BCUT2D eigenvalue weighted by Crippen LogP contribution is -2.12. The lowest BCUT2D eigenvalue weighted by molar-refractivity contribution is 0.102. The van der Waals surface area contributed by atoms with Gasteiger partial charge in [0.15, 0.2) is 5.69 Å². The molecule has 2 heterocycles. The number of anilines is 1. The van der Waals surface area contributed by atoms with Crippen LogP contribution in [0.25, 0.3) is 5.69 Å². The van der Waals surface area contributed by atoms with Crippen LogP contribution in [0.2, 0.25) is 0 Å². The van der Waals surface area contributed by atoms with Gasteiger partial charge in [-0.15, -0.1) is 15.3 Å². The summed E-state index contributed by atoms with van der Waals surface area (Å²) in [6, 6.07) is 9.42. The van der Waals surface area contributed by atoms with E-state index in [2.05, 4.69) is 25.8 Å². The normalized spacial score (nSPS) is 12.1. The number of aromatic nitrogens is 5. The van der Waals surface area contributed by atoms with Crippen molar-refractivity contribution in [3.05, 3.63) is 47.2 Å². The maximum absolute atomic E-state index is 12.2. The Bertz CT molecular complexity index is 800. The van der Waals surface area contributed by atoms with Crippen molar-refractivity contribution in [1.82, 2.24) is 25.2 Å². The summed E-state index contributed by atoms with van der Waals surface area (Å²) in [6.07, 6.45) is 1.39. The molecule has 3 aromatic rings. The molecular weight excluding hydrogens is 316 g/mol. The Morgan fingerprint density at radius 1 is 1.26 bits per heavy atom. The number of ether oxygens (including phenoxy) is 1. The van der Waals surface area contributed by atoms with E-state index in [-0.39, 0.29) is 17.7 Å². The summed E-state index contributed by atoms with van der Waals surface area (Å²) in [5.41, 5.74) is 1.02. The molecule has 0 fully saturated rings. The number of hydrogen-bond acceptors (Lipinski definition) is 7. The van der Waals surface area contributed by atoms with Crippen molar-refractivity contribution in [1.29, 1.82) is 0 Å². The highest BCUT2D eigenvalue weighted by molar-refractivity contribution is 7.15. The van der Waals surface area contributed by atoms with Crippen LogP contribution in [-0.2, 0) is 4.74 Å². The van der Waals surface area contributed by atoms with E-state index in [0.29, 0.717) is 10.1 Å². The van der Waals surface area contributed by atoms with E-state index in [0.717, 1.165) is 5.69 Å². The van der Waals surface area contributed by atoms with Gasteiger partial charge in [-0.1, -0.05) is 34.7 Å². The highest BCUT2D eigenvalue weighted by Crippen LogP contribution is 2.23. The van der Waals surface area contributed by atoms with Crippen molar-refractivity contribution in [3.63, 3.8) is 0 Å². The average Bonchev–Trinajstić information content (AvgIpc) is 3.24. The smallest absolute Gasteiger partial charge is 0.279 e. The Kier molecular flexibility index (Phi) is 4.40. The van der Waals surface area contributed by atoms with E-state index >= 15 is 0 Å². The molecule has 0 spiro atoms. The molecule has 1 aromatic carbocycles. The number of nitrogens with one attached hydrogen (secondary N) is 1. The maximum Gasteiger partial charge on any atom is 0.279 e. The molecule has 9 heteroatoms. The SMILES string of the molecule is COC(C)c1nnc(NC(=O)c2cn(-c3ccccc3)nn2)s1. The van der Waals surface area contributed by atoms with Crippen molar-refractivity contribution >= 4 is 22.4 Å². The third-order valence-corrected chi connectivity index (χ3v) is 4.11. The molecule has 0 bridgehead atoms. The molecule has 3 rings (SSSR count). The minimum atomic E-state index is -0.389. The highest BCUT2D eigenvalue weighted by atomic mass is 32.1. The summed E-state index contributed by atoms with van der Waals surface area (Å²) >= 11 is 1.26. The molecule has 1 N–H and O–H groups in total. The molecule has 0 aliphatic rings. The third-order valence-electron chi connectivity index (χ3n) is 3.11. The van der Waals surface area contributed by atoms with Gasteiger partial charge in [-0.25, -0.2) is 4.68 Å². The van der Waals surface area contributed by atoms with Crippen molar-refractivity contribution in [2.45, 2.75) is 13.0 Å². The van der Waals surface area contributed by atoms with Crippen LogP contribution in [0.3, 0.4) is 0 Å². The molecule has 0 aliphatic heterocycles. The maximum atomic E-state index is 12.2. The second-order valence-corrected chi connectivity index (χ2v) is 5.67. The van der Waals surface area contributed by atoms with Crippen LogP contribution in [0.5, 0.6) is 0 Å². The zero-order valence-electron chi connectivity index (χ0n) is 12.5. The minimum absolute atomic E-state index is 0.169. The van der Waals surface area contributed by atoms with Gasteiger partial charge < -0.3 is 4.74 Å². The van der Waals surface area contributed by atoms with Gasteiger partial charge in [0.1, 0.15) is 11.1 Å². The predicted molar refractivity (Wildman–Crippen MR) is 84.6 cm³/mol. The Hall–Kier alpha value is -2.65. The highest BCUT2D eigenvalue weighted by Gasteiger charge is 2.16. The third kappa shape index (κ3) is 3.41. The fourth-order valence-corrected chi connectivity index (χ4v) is 2.55. The number of carbonyl (C=O) groups is 1. The number of para-hydroxylation sites is 1. The Morgan fingerprint density at radius 3 is 2.78 bits per heavy atom. The molecule has 1 amide bonds. The largest absolute Gasteiger partial charge is 0.374 e. The molecule has 2 aromatic heterocycles. The van der Waals surface area contributed by atoms with E-state index in [1.807, 2.05) is 37.3 Å². The van der Waals surface area contributed by atoms with Crippen molar-refractivity contribution in [2.24, 2.45) is 0 Å². The van der Waals surface area contributed by atoms with Crippen LogP contribution in [0.1, 0.15) is 28.5 Å². The molecule has 0 saturated carbocycles. The summed E-state index contributed by atoms with van der Waals surface area (Å²) in [5, 5.41) is 19.5. The van der Waals surface area contributed by atoms with Gasteiger partial charge in [0.2, 0.25) is 5.13 Å². The minimum Gasteiger partial charge on any atom is -0.374 e. The van der Waals surface area contributed by atoms with Gasteiger partial charge in [-0.2, -0.15) is 0 Å². The van der Waals surface area contributed by atoms with Gasteiger partial charge in [0, 0.05) is 7.11 Å². The van der Waals surface area contributed by atoms with Crippen molar-refractivity contribution < 1.29 is 9.53 Å². The quantitative estimate of drug-likeness (QED) is 0.769. The van der Waals surface area contributed by atoms with E-state index < -0.39 is 0 Å².